The Balaban J connectivity index is 1.91. The maximum absolute atomic E-state index is 12.2. The zero-order valence-corrected chi connectivity index (χ0v) is 12.0. The molecule has 3 nitrogen and oxygen atoms in total. The zero-order chi connectivity index (χ0) is 15.3. The summed E-state index contributed by atoms with van der Waals surface area (Å²) in [6.45, 7) is 0.505. The minimum Gasteiger partial charge on any atom is -0.481 e. The summed E-state index contributed by atoms with van der Waals surface area (Å²) in [5.41, 5.74) is -2.56. The molecule has 0 unspecified atom stereocenters. The summed E-state index contributed by atoms with van der Waals surface area (Å²) < 4.78 is 41.6. The van der Waals surface area contributed by atoms with E-state index in [1.807, 2.05) is 6.07 Å². The largest absolute Gasteiger partial charge is 0.481 e. The maximum Gasteiger partial charge on any atom is 0.446 e. The van der Waals surface area contributed by atoms with Gasteiger partial charge in [0, 0.05) is 17.5 Å². The summed E-state index contributed by atoms with van der Waals surface area (Å²) >= 11 is -0.116. The van der Waals surface area contributed by atoms with E-state index in [2.05, 4.69) is 10.3 Å². The first-order chi connectivity index (χ1) is 9.96. The van der Waals surface area contributed by atoms with Crippen molar-refractivity contribution in [3.05, 3.63) is 48.2 Å². The highest BCUT2D eigenvalue weighted by Crippen LogP contribution is 2.36. The van der Waals surface area contributed by atoms with Crippen molar-refractivity contribution in [3.8, 4) is 5.88 Å². The molecule has 112 valence electrons. The molecule has 0 bridgehead atoms. The third-order valence-electron chi connectivity index (χ3n) is 2.60. The van der Waals surface area contributed by atoms with Crippen LogP contribution in [0.3, 0.4) is 0 Å². The summed E-state index contributed by atoms with van der Waals surface area (Å²) in [7, 11) is 1.54. The van der Waals surface area contributed by atoms with Crippen LogP contribution in [0, 0.1) is 0 Å². The van der Waals surface area contributed by atoms with Gasteiger partial charge in [-0.3, -0.25) is 0 Å². The van der Waals surface area contributed by atoms with E-state index >= 15 is 0 Å². The van der Waals surface area contributed by atoms with Crippen molar-refractivity contribution in [1.82, 2.24) is 4.98 Å². The number of anilines is 1. The number of thioether (sulfide) groups is 1. The standard InChI is InChI=1S/C14H13F3N2OS/c1-20-13-7-4-11(9-19-13)18-8-10-2-5-12(6-3-10)21-14(15,16)17/h2-7,9,18H,8H2,1H3. The van der Waals surface area contributed by atoms with E-state index < -0.39 is 5.51 Å². The first-order valence-electron chi connectivity index (χ1n) is 6.05. The number of alkyl halides is 3. The van der Waals surface area contributed by atoms with E-state index in [4.69, 9.17) is 4.74 Å². The van der Waals surface area contributed by atoms with E-state index in [0.717, 1.165) is 11.3 Å². The molecule has 2 rings (SSSR count). The summed E-state index contributed by atoms with van der Waals surface area (Å²) in [6, 6.07) is 9.80. The molecule has 0 aliphatic rings. The Labute approximate surface area is 124 Å². The van der Waals surface area contributed by atoms with E-state index in [0.29, 0.717) is 12.4 Å². The topological polar surface area (TPSA) is 34.1 Å². The molecular weight excluding hydrogens is 301 g/mol. The number of halogens is 3. The summed E-state index contributed by atoms with van der Waals surface area (Å²) in [5, 5.41) is 3.13. The Hall–Kier alpha value is -1.89. The highest BCUT2D eigenvalue weighted by Gasteiger charge is 2.28. The maximum atomic E-state index is 12.2. The van der Waals surface area contributed by atoms with Crippen LogP contribution in [0.15, 0.2) is 47.5 Å². The molecule has 0 spiro atoms. The highest BCUT2D eigenvalue weighted by atomic mass is 32.2. The van der Waals surface area contributed by atoms with E-state index in [1.165, 1.54) is 19.2 Å². The predicted molar refractivity (Wildman–Crippen MR) is 76.5 cm³/mol. The van der Waals surface area contributed by atoms with Crippen LogP contribution in [0.1, 0.15) is 5.56 Å². The van der Waals surface area contributed by atoms with Gasteiger partial charge in [-0.05, 0) is 35.5 Å². The molecule has 1 aromatic heterocycles. The predicted octanol–water partition coefficient (Wildman–Crippen LogP) is 4.31. The average Bonchev–Trinajstić information content (AvgIpc) is 2.45. The summed E-state index contributed by atoms with van der Waals surface area (Å²) in [6.07, 6.45) is 1.63. The first-order valence-corrected chi connectivity index (χ1v) is 6.86. The number of nitrogens with zero attached hydrogens (tertiary/aromatic N) is 1. The second kappa shape index (κ2) is 6.71. The lowest BCUT2D eigenvalue weighted by Crippen LogP contribution is -2.01. The zero-order valence-electron chi connectivity index (χ0n) is 11.1. The molecule has 0 aliphatic carbocycles. The Bertz CT molecular complexity index is 570. The number of pyridine rings is 1. The van der Waals surface area contributed by atoms with Crippen LogP contribution in [0.2, 0.25) is 0 Å². The first kappa shape index (κ1) is 15.5. The van der Waals surface area contributed by atoms with Gasteiger partial charge < -0.3 is 10.1 Å². The fourth-order valence-electron chi connectivity index (χ4n) is 1.62. The number of benzene rings is 1. The van der Waals surface area contributed by atoms with E-state index in [1.54, 1.807) is 24.4 Å². The summed E-state index contributed by atoms with van der Waals surface area (Å²) in [4.78, 5) is 4.23. The minimum absolute atomic E-state index is 0.116. The van der Waals surface area contributed by atoms with Crippen LogP contribution in [0.4, 0.5) is 18.9 Å². The Morgan fingerprint density at radius 1 is 1.14 bits per heavy atom. The van der Waals surface area contributed by atoms with Crippen molar-refractivity contribution in [2.45, 2.75) is 16.9 Å². The molecule has 7 heteroatoms. The lowest BCUT2D eigenvalue weighted by Gasteiger charge is -2.08. The van der Waals surface area contributed by atoms with Crippen LogP contribution in [0.5, 0.6) is 5.88 Å². The number of hydrogen-bond donors (Lipinski definition) is 1. The van der Waals surface area contributed by atoms with Gasteiger partial charge in [0.15, 0.2) is 0 Å². The third-order valence-corrected chi connectivity index (χ3v) is 3.34. The lowest BCUT2D eigenvalue weighted by atomic mass is 10.2. The molecular formula is C14H13F3N2OS. The molecule has 0 atom stereocenters. The van der Waals surface area contributed by atoms with Gasteiger partial charge in [0.2, 0.25) is 5.88 Å². The van der Waals surface area contributed by atoms with Crippen molar-refractivity contribution in [3.63, 3.8) is 0 Å². The van der Waals surface area contributed by atoms with Crippen LogP contribution in [0.25, 0.3) is 0 Å². The number of rotatable bonds is 5. The Kier molecular flexibility index (Phi) is 4.95. The fraction of sp³-hybridized carbons (Fsp3) is 0.214. The SMILES string of the molecule is COc1ccc(NCc2ccc(SC(F)(F)F)cc2)cn1. The number of hydrogen-bond acceptors (Lipinski definition) is 4. The van der Waals surface area contributed by atoms with Gasteiger partial charge in [-0.15, -0.1) is 0 Å². The number of ether oxygens (including phenoxy) is 1. The van der Waals surface area contributed by atoms with Crippen molar-refractivity contribution >= 4 is 17.4 Å². The molecule has 0 amide bonds. The van der Waals surface area contributed by atoms with Gasteiger partial charge in [0.25, 0.3) is 0 Å². The molecule has 1 heterocycles. The molecule has 0 radical (unpaired) electrons. The number of methoxy groups -OCH3 is 1. The van der Waals surface area contributed by atoms with Crippen LogP contribution in [-0.2, 0) is 6.54 Å². The highest BCUT2D eigenvalue weighted by molar-refractivity contribution is 8.00. The normalized spacial score (nSPS) is 11.2. The molecule has 0 aliphatic heterocycles. The minimum atomic E-state index is -4.26. The molecule has 0 saturated heterocycles. The van der Waals surface area contributed by atoms with Gasteiger partial charge in [-0.1, -0.05) is 12.1 Å². The molecule has 2 aromatic rings. The van der Waals surface area contributed by atoms with Crippen molar-refractivity contribution in [2.24, 2.45) is 0 Å². The fourth-order valence-corrected chi connectivity index (χ4v) is 2.16. The van der Waals surface area contributed by atoms with Gasteiger partial charge in [0.05, 0.1) is 19.0 Å². The molecule has 1 aromatic carbocycles. The smallest absolute Gasteiger partial charge is 0.446 e. The Morgan fingerprint density at radius 3 is 2.38 bits per heavy atom. The molecule has 0 fully saturated rings. The quantitative estimate of drug-likeness (QED) is 0.834. The lowest BCUT2D eigenvalue weighted by molar-refractivity contribution is -0.0328. The van der Waals surface area contributed by atoms with Gasteiger partial charge in [-0.25, -0.2) is 4.98 Å². The van der Waals surface area contributed by atoms with Gasteiger partial charge in [-0.2, -0.15) is 13.2 Å². The van der Waals surface area contributed by atoms with Crippen molar-refractivity contribution in [1.29, 1.82) is 0 Å². The van der Waals surface area contributed by atoms with Crippen LogP contribution < -0.4 is 10.1 Å². The molecule has 21 heavy (non-hydrogen) atoms. The number of nitrogens with one attached hydrogen (secondary N) is 1. The van der Waals surface area contributed by atoms with Gasteiger partial charge in [0.1, 0.15) is 0 Å². The van der Waals surface area contributed by atoms with Crippen molar-refractivity contribution in [2.75, 3.05) is 12.4 Å². The third kappa shape index (κ3) is 5.18. The van der Waals surface area contributed by atoms with Gasteiger partial charge >= 0.3 is 5.51 Å². The average molecular weight is 314 g/mol. The van der Waals surface area contributed by atoms with Crippen molar-refractivity contribution < 1.29 is 17.9 Å². The van der Waals surface area contributed by atoms with E-state index in [-0.39, 0.29) is 16.7 Å². The van der Waals surface area contributed by atoms with E-state index in [9.17, 15) is 13.2 Å². The van der Waals surface area contributed by atoms with Crippen LogP contribution >= 0.6 is 11.8 Å². The second-order valence-electron chi connectivity index (χ2n) is 4.13. The second-order valence-corrected chi connectivity index (χ2v) is 5.27. The number of aromatic nitrogens is 1. The molecule has 1 N–H and O–H groups in total. The van der Waals surface area contributed by atoms with Crippen LogP contribution in [-0.4, -0.2) is 17.6 Å². The summed E-state index contributed by atoms with van der Waals surface area (Å²) in [5.74, 6) is 0.522. The monoisotopic (exact) mass is 314 g/mol. The molecule has 0 saturated carbocycles. The Morgan fingerprint density at radius 2 is 1.86 bits per heavy atom.